The lowest BCUT2D eigenvalue weighted by Gasteiger charge is -2.14. The molecule has 0 saturated carbocycles. The van der Waals surface area contributed by atoms with Crippen molar-refractivity contribution in [3.63, 3.8) is 0 Å². The van der Waals surface area contributed by atoms with E-state index in [4.69, 9.17) is 5.21 Å². The molecule has 0 aromatic carbocycles. The van der Waals surface area contributed by atoms with Crippen molar-refractivity contribution in [3.8, 4) is 0 Å². The minimum absolute atomic E-state index is 0.581. The molecule has 46 valence electrons. The van der Waals surface area contributed by atoms with E-state index in [0.29, 0.717) is 11.4 Å². The van der Waals surface area contributed by atoms with Crippen molar-refractivity contribution >= 4 is 0 Å². The Morgan fingerprint density at radius 1 is 1.25 bits per heavy atom. The number of hydrogen-bond acceptors (Lipinski definition) is 2. The summed E-state index contributed by atoms with van der Waals surface area (Å²) in [5.41, 5.74) is 1.16. The van der Waals surface area contributed by atoms with Crippen LogP contribution in [0.1, 0.15) is 13.8 Å². The Balaban J connectivity index is 3.83. The van der Waals surface area contributed by atoms with Gasteiger partial charge in [-0.1, -0.05) is 13.2 Å². The van der Waals surface area contributed by atoms with E-state index in [1.807, 2.05) is 0 Å². The van der Waals surface area contributed by atoms with Gasteiger partial charge in [0.1, 0.15) is 0 Å². The molecule has 0 aromatic heterocycles. The Labute approximate surface area is 49.7 Å². The van der Waals surface area contributed by atoms with Crippen molar-refractivity contribution in [2.45, 2.75) is 13.8 Å². The molecular formula is C6H11NO. The number of allylic oxidation sites excluding steroid dienone is 2. The van der Waals surface area contributed by atoms with Crippen LogP contribution in [0.3, 0.4) is 0 Å². The second-order valence-electron chi connectivity index (χ2n) is 1.78. The van der Waals surface area contributed by atoms with Gasteiger partial charge in [-0.05, 0) is 13.8 Å². The largest absolute Gasteiger partial charge is 0.284 e. The zero-order valence-electron chi connectivity index (χ0n) is 5.31. The SMILES string of the molecule is C=C(C)N(O)C(=C)C. The quantitative estimate of drug-likeness (QED) is 0.551. The Kier molecular flexibility index (Phi) is 2.28. The Morgan fingerprint density at radius 3 is 1.50 bits per heavy atom. The van der Waals surface area contributed by atoms with Crippen LogP contribution in [0.2, 0.25) is 0 Å². The lowest BCUT2D eigenvalue weighted by atomic mass is 10.5. The molecule has 0 heterocycles. The summed E-state index contributed by atoms with van der Waals surface area (Å²) >= 11 is 0. The van der Waals surface area contributed by atoms with Crippen LogP contribution in [0.15, 0.2) is 24.6 Å². The molecule has 0 atom stereocenters. The zero-order chi connectivity index (χ0) is 6.73. The summed E-state index contributed by atoms with van der Waals surface area (Å²) in [6.07, 6.45) is 0. The highest BCUT2D eigenvalue weighted by molar-refractivity contribution is 4.96. The van der Waals surface area contributed by atoms with E-state index in [1.54, 1.807) is 13.8 Å². The fourth-order valence-corrected chi connectivity index (χ4v) is 0.326. The highest BCUT2D eigenvalue weighted by Gasteiger charge is 1.95. The second kappa shape index (κ2) is 2.52. The molecule has 0 spiro atoms. The summed E-state index contributed by atoms with van der Waals surface area (Å²) in [6, 6.07) is 0. The van der Waals surface area contributed by atoms with Crippen molar-refractivity contribution in [1.82, 2.24) is 5.06 Å². The second-order valence-corrected chi connectivity index (χ2v) is 1.78. The fraction of sp³-hybridized carbons (Fsp3) is 0.333. The molecule has 0 unspecified atom stereocenters. The van der Waals surface area contributed by atoms with E-state index in [-0.39, 0.29) is 0 Å². The lowest BCUT2D eigenvalue weighted by molar-refractivity contribution is -0.0171. The first-order valence-corrected chi connectivity index (χ1v) is 2.35. The topological polar surface area (TPSA) is 23.5 Å². The third-order valence-electron chi connectivity index (χ3n) is 0.723. The van der Waals surface area contributed by atoms with Crippen molar-refractivity contribution in [1.29, 1.82) is 0 Å². The zero-order valence-corrected chi connectivity index (χ0v) is 5.31. The number of nitrogens with zero attached hydrogens (tertiary/aromatic N) is 1. The van der Waals surface area contributed by atoms with Gasteiger partial charge in [0.25, 0.3) is 0 Å². The van der Waals surface area contributed by atoms with E-state index < -0.39 is 0 Å². The van der Waals surface area contributed by atoms with E-state index in [9.17, 15) is 0 Å². The van der Waals surface area contributed by atoms with Gasteiger partial charge in [0.15, 0.2) is 0 Å². The highest BCUT2D eigenvalue weighted by Crippen LogP contribution is 2.02. The predicted molar refractivity (Wildman–Crippen MR) is 33.3 cm³/mol. The Hall–Kier alpha value is -0.760. The van der Waals surface area contributed by atoms with Gasteiger partial charge in [-0.2, -0.15) is 0 Å². The molecule has 0 aliphatic heterocycles. The molecule has 2 nitrogen and oxygen atoms in total. The molecule has 0 saturated heterocycles. The van der Waals surface area contributed by atoms with Crippen LogP contribution in [0.5, 0.6) is 0 Å². The van der Waals surface area contributed by atoms with Crippen molar-refractivity contribution in [2.75, 3.05) is 0 Å². The van der Waals surface area contributed by atoms with Crippen LogP contribution in [0, 0.1) is 0 Å². The lowest BCUT2D eigenvalue weighted by Crippen LogP contribution is -2.11. The Bertz CT molecular complexity index is 104. The summed E-state index contributed by atoms with van der Waals surface area (Å²) in [6.45, 7) is 10.4. The molecule has 0 aliphatic carbocycles. The summed E-state index contributed by atoms with van der Waals surface area (Å²) in [5.74, 6) is 0. The first-order chi connectivity index (χ1) is 3.55. The molecular weight excluding hydrogens is 102 g/mol. The van der Waals surface area contributed by atoms with Gasteiger partial charge in [-0.25, -0.2) is 5.06 Å². The molecule has 0 radical (unpaired) electrons. The standard InChI is InChI=1S/C6H11NO/c1-5(2)7(8)6(3)4/h8H,1,3H2,2,4H3. The van der Waals surface area contributed by atoms with Crippen LogP contribution in [-0.4, -0.2) is 10.3 Å². The van der Waals surface area contributed by atoms with Gasteiger partial charge < -0.3 is 0 Å². The van der Waals surface area contributed by atoms with Crippen LogP contribution >= 0.6 is 0 Å². The van der Waals surface area contributed by atoms with E-state index in [2.05, 4.69) is 13.2 Å². The minimum atomic E-state index is 0.581. The summed E-state index contributed by atoms with van der Waals surface area (Å²) < 4.78 is 0. The van der Waals surface area contributed by atoms with E-state index in [1.165, 1.54) is 0 Å². The molecule has 0 aromatic rings. The Morgan fingerprint density at radius 2 is 1.50 bits per heavy atom. The molecule has 0 rings (SSSR count). The maximum Gasteiger partial charge on any atom is 0.0360 e. The van der Waals surface area contributed by atoms with Crippen molar-refractivity contribution in [2.24, 2.45) is 0 Å². The number of hydrogen-bond donors (Lipinski definition) is 1. The molecule has 0 aliphatic rings. The fourth-order valence-electron chi connectivity index (χ4n) is 0.326. The average molecular weight is 113 g/mol. The maximum absolute atomic E-state index is 8.84. The predicted octanol–water partition coefficient (Wildman–Crippen LogP) is 1.74. The maximum atomic E-state index is 8.84. The third-order valence-corrected chi connectivity index (χ3v) is 0.723. The molecule has 8 heavy (non-hydrogen) atoms. The highest BCUT2D eigenvalue weighted by atomic mass is 16.5. The van der Waals surface area contributed by atoms with Gasteiger partial charge in [0.05, 0.1) is 0 Å². The first kappa shape index (κ1) is 7.24. The minimum Gasteiger partial charge on any atom is -0.284 e. The molecule has 1 N–H and O–H groups in total. The normalized spacial score (nSPS) is 8.38. The van der Waals surface area contributed by atoms with Crippen LogP contribution in [-0.2, 0) is 0 Å². The summed E-state index contributed by atoms with van der Waals surface area (Å²) in [5, 5.41) is 9.78. The molecule has 0 bridgehead atoms. The average Bonchev–Trinajstić information content (AvgIpc) is 1.64. The monoisotopic (exact) mass is 113 g/mol. The third kappa shape index (κ3) is 1.80. The van der Waals surface area contributed by atoms with Crippen LogP contribution in [0.25, 0.3) is 0 Å². The smallest absolute Gasteiger partial charge is 0.0360 e. The van der Waals surface area contributed by atoms with Crippen LogP contribution < -0.4 is 0 Å². The molecule has 2 heteroatoms. The van der Waals surface area contributed by atoms with Crippen molar-refractivity contribution in [3.05, 3.63) is 24.6 Å². The summed E-state index contributed by atoms with van der Waals surface area (Å²) in [4.78, 5) is 0. The van der Waals surface area contributed by atoms with Crippen LogP contribution in [0.4, 0.5) is 0 Å². The van der Waals surface area contributed by atoms with Gasteiger partial charge in [-0.3, -0.25) is 5.21 Å². The number of hydroxylamine groups is 2. The van der Waals surface area contributed by atoms with Crippen molar-refractivity contribution < 1.29 is 5.21 Å². The molecule has 0 amide bonds. The molecule has 0 fully saturated rings. The van der Waals surface area contributed by atoms with Gasteiger partial charge in [0, 0.05) is 11.4 Å². The van der Waals surface area contributed by atoms with E-state index >= 15 is 0 Å². The van der Waals surface area contributed by atoms with Gasteiger partial charge in [-0.15, -0.1) is 0 Å². The van der Waals surface area contributed by atoms with Gasteiger partial charge >= 0.3 is 0 Å². The van der Waals surface area contributed by atoms with Gasteiger partial charge in [0.2, 0.25) is 0 Å². The van der Waals surface area contributed by atoms with E-state index in [0.717, 1.165) is 5.06 Å². The number of rotatable bonds is 2. The first-order valence-electron chi connectivity index (χ1n) is 2.35. The summed E-state index contributed by atoms with van der Waals surface area (Å²) in [7, 11) is 0.